The van der Waals surface area contributed by atoms with Crippen molar-refractivity contribution in [2.24, 2.45) is 5.41 Å². The van der Waals surface area contributed by atoms with Gasteiger partial charge in [-0.2, -0.15) is 0 Å². The molecule has 1 aliphatic rings. The molecule has 1 aromatic carbocycles. The second-order valence-corrected chi connectivity index (χ2v) is 4.79. The summed E-state index contributed by atoms with van der Waals surface area (Å²) in [5.41, 5.74) is 6.31. The van der Waals surface area contributed by atoms with Crippen LogP contribution in [-0.2, 0) is 9.59 Å². The largest absolute Gasteiger partial charge is 0.399 e. The summed E-state index contributed by atoms with van der Waals surface area (Å²) in [5.74, 6) is -0.225. The number of carbonyl (C=O) groups excluding carboxylic acids is 2. The Morgan fingerprint density at radius 2 is 1.94 bits per heavy atom. The minimum atomic E-state index is -0.526. The summed E-state index contributed by atoms with van der Waals surface area (Å²) < 4.78 is 0. The highest BCUT2D eigenvalue weighted by molar-refractivity contribution is 6.22. The minimum Gasteiger partial charge on any atom is -0.399 e. The number of imide groups is 1. The van der Waals surface area contributed by atoms with E-state index in [1.165, 1.54) is 4.90 Å². The Morgan fingerprint density at radius 3 is 2.44 bits per heavy atom. The molecule has 1 aliphatic heterocycles. The number of carbonyl (C=O) groups is 2. The zero-order chi connectivity index (χ0) is 13.3. The van der Waals surface area contributed by atoms with Gasteiger partial charge in [-0.05, 0) is 31.0 Å². The van der Waals surface area contributed by atoms with Crippen LogP contribution in [0.5, 0.6) is 0 Å². The first-order valence-corrected chi connectivity index (χ1v) is 6.27. The first-order valence-electron chi connectivity index (χ1n) is 6.27. The SMILES string of the molecule is CCC1(CC)CC(=O)N(c2cccc(N)c2)C1=O. The Bertz CT molecular complexity index is 492. The fraction of sp³-hybridized carbons (Fsp3) is 0.429. The van der Waals surface area contributed by atoms with Crippen LogP contribution in [-0.4, -0.2) is 11.8 Å². The Morgan fingerprint density at radius 1 is 1.28 bits per heavy atom. The Balaban J connectivity index is 2.41. The summed E-state index contributed by atoms with van der Waals surface area (Å²) in [6.07, 6.45) is 1.67. The Labute approximate surface area is 107 Å². The smallest absolute Gasteiger partial charge is 0.240 e. The molecule has 0 bridgehead atoms. The molecule has 0 aliphatic carbocycles. The fourth-order valence-corrected chi connectivity index (χ4v) is 2.52. The molecule has 0 saturated carbocycles. The highest BCUT2D eigenvalue weighted by Crippen LogP contribution is 2.41. The summed E-state index contributed by atoms with van der Waals surface area (Å²) in [6, 6.07) is 6.90. The third-order valence-electron chi connectivity index (χ3n) is 3.88. The van der Waals surface area contributed by atoms with Crippen molar-refractivity contribution in [2.45, 2.75) is 33.1 Å². The molecule has 1 fully saturated rings. The Kier molecular flexibility index (Phi) is 3.11. The number of amides is 2. The maximum Gasteiger partial charge on any atom is 0.240 e. The first-order chi connectivity index (χ1) is 8.54. The lowest BCUT2D eigenvalue weighted by Gasteiger charge is -2.23. The highest BCUT2D eigenvalue weighted by atomic mass is 16.2. The second-order valence-electron chi connectivity index (χ2n) is 4.79. The maximum absolute atomic E-state index is 12.5. The van der Waals surface area contributed by atoms with Crippen LogP contribution in [0.1, 0.15) is 33.1 Å². The lowest BCUT2D eigenvalue weighted by atomic mass is 9.81. The molecule has 2 N–H and O–H groups in total. The van der Waals surface area contributed by atoms with Crippen molar-refractivity contribution >= 4 is 23.2 Å². The van der Waals surface area contributed by atoms with Crippen LogP contribution in [0.3, 0.4) is 0 Å². The average Bonchev–Trinajstić information content (AvgIpc) is 2.61. The Hall–Kier alpha value is -1.84. The normalized spacial score (nSPS) is 18.4. The van der Waals surface area contributed by atoms with Gasteiger partial charge < -0.3 is 5.73 Å². The topological polar surface area (TPSA) is 63.4 Å². The molecular weight excluding hydrogens is 228 g/mol. The lowest BCUT2D eigenvalue weighted by molar-refractivity contribution is -0.126. The maximum atomic E-state index is 12.5. The molecule has 1 saturated heterocycles. The monoisotopic (exact) mass is 246 g/mol. The molecule has 96 valence electrons. The number of hydrogen-bond acceptors (Lipinski definition) is 3. The summed E-state index contributed by atoms with van der Waals surface area (Å²) in [7, 11) is 0. The molecule has 0 atom stereocenters. The van der Waals surface area contributed by atoms with Gasteiger partial charge in [-0.3, -0.25) is 9.59 Å². The number of nitrogens with zero attached hydrogens (tertiary/aromatic N) is 1. The van der Waals surface area contributed by atoms with Gasteiger partial charge in [0.15, 0.2) is 0 Å². The average molecular weight is 246 g/mol. The van der Waals surface area contributed by atoms with E-state index in [0.717, 1.165) is 0 Å². The van der Waals surface area contributed by atoms with E-state index in [2.05, 4.69) is 0 Å². The molecular formula is C14H18N2O2. The van der Waals surface area contributed by atoms with Crippen molar-refractivity contribution < 1.29 is 9.59 Å². The molecule has 0 aromatic heterocycles. The van der Waals surface area contributed by atoms with Crippen LogP contribution in [0.4, 0.5) is 11.4 Å². The summed E-state index contributed by atoms with van der Waals surface area (Å²) in [5, 5.41) is 0. The molecule has 0 unspecified atom stereocenters. The minimum absolute atomic E-state index is 0.0944. The van der Waals surface area contributed by atoms with Crippen LogP contribution in [0.25, 0.3) is 0 Å². The van der Waals surface area contributed by atoms with Gasteiger partial charge in [-0.15, -0.1) is 0 Å². The van der Waals surface area contributed by atoms with Crippen LogP contribution in [0, 0.1) is 5.41 Å². The molecule has 2 rings (SSSR count). The zero-order valence-corrected chi connectivity index (χ0v) is 10.8. The predicted octanol–water partition coefficient (Wildman–Crippen LogP) is 2.34. The van der Waals surface area contributed by atoms with E-state index >= 15 is 0 Å². The van der Waals surface area contributed by atoms with Crippen molar-refractivity contribution in [3.05, 3.63) is 24.3 Å². The molecule has 0 radical (unpaired) electrons. The van der Waals surface area contributed by atoms with Crippen molar-refractivity contribution in [3.8, 4) is 0 Å². The quantitative estimate of drug-likeness (QED) is 0.657. The van der Waals surface area contributed by atoms with E-state index in [9.17, 15) is 9.59 Å². The van der Waals surface area contributed by atoms with E-state index in [0.29, 0.717) is 30.6 Å². The first kappa shape index (κ1) is 12.6. The van der Waals surface area contributed by atoms with Gasteiger partial charge in [0.25, 0.3) is 0 Å². The number of rotatable bonds is 3. The number of anilines is 2. The highest BCUT2D eigenvalue weighted by Gasteiger charge is 2.49. The second kappa shape index (κ2) is 4.44. The van der Waals surface area contributed by atoms with Gasteiger partial charge >= 0.3 is 0 Å². The number of hydrogen-bond donors (Lipinski definition) is 1. The van der Waals surface area contributed by atoms with Gasteiger partial charge in [0, 0.05) is 12.1 Å². The number of benzene rings is 1. The molecule has 4 heteroatoms. The van der Waals surface area contributed by atoms with Gasteiger partial charge in [0.1, 0.15) is 0 Å². The molecule has 1 aromatic rings. The molecule has 18 heavy (non-hydrogen) atoms. The van der Waals surface area contributed by atoms with Crippen LogP contribution >= 0.6 is 0 Å². The lowest BCUT2D eigenvalue weighted by Crippen LogP contribution is -2.35. The van der Waals surface area contributed by atoms with Gasteiger partial charge in [-0.25, -0.2) is 4.90 Å². The third kappa shape index (κ3) is 1.78. The molecule has 4 nitrogen and oxygen atoms in total. The van der Waals surface area contributed by atoms with Crippen molar-refractivity contribution in [2.75, 3.05) is 10.6 Å². The van der Waals surface area contributed by atoms with Gasteiger partial charge in [0.05, 0.1) is 11.1 Å². The molecule has 1 heterocycles. The van der Waals surface area contributed by atoms with Gasteiger partial charge in [-0.1, -0.05) is 19.9 Å². The standard InChI is InChI=1S/C14H18N2O2/c1-3-14(4-2)9-12(17)16(13(14)18)11-7-5-6-10(15)8-11/h5-8H,3-4,9,15H2,1-2H3. The summed E-state index contributed by atoms with van der Waals surface area (Å²) in [6.45, 7) is 3.91. The zero-order valence-electron chi connectivity index (χ0n) is 10.8. The van der Waals surface area contributed by atoms with E-state index in [4.69, 9.17) is 5.73 Å². The van der Waals surface area contributed by atoms with Crippen LogP contribution in [0.2, 0.25) is 0 Å². The fourth-order valence-electron chi connectivity index (χ4n) is 2.52. The third-order valence-corrected chi connectivity index (χ3v) is 3.88. The van der Waals surface area contributed by atoms with E-state index in [-0.39, 0.29) is 11.8 Å². The van der Waals surface area contributed by atoms with E-state index < -0.39 is 5.41 Å². The van der Waals surface area contributed by atoms with Crippen molar-refractivity contribution in [3.63, 3.8) is 0 Å². The van der Waals surface area contributed by atoms with Crippen molar-refractivity contribution in [1.29, 1.82) is 0 Å². The van der Waals surface area contributed by atoms with E-state index in [1.54, 1.807) is 24.3 Å². The van der Waals surface area contributed by atoms with Crippen LogP contribution in [0.15, 0.2) is 24.3 Å². The van der Waals surface area contributed by atoms with Crippen LogP contribution < -0.4 is 10.6 Å². The summed E-state index contributed by atoms with van der Waals surface area (Å²) >= 11 is 0. The summed E-state index contributed by atoms with van der Waals surface area (Å²) in [4.78, 5) is 25.9. The van der Waals surface area contributed by atoms with Gasteiger partial charge in [0.2, 0.25) is 11.8 Å². The molecule has 0 spiro atoms. The molecule has 2 amide bonds. The number of nitrogen functional groups attached to an aromatic ring is 1. The predicted molar refractivity (Wildman–Crippen MR) is 71.0 cm³/mol. The number of nitrogens with two attached hydrogens (primary N) is 1. The van der Waals surface area contributed by atoms with E-state index in [1.807, 2.05) is 13.8 Å². The van der Waals surface area contributed by atoms with Crippen molar-refractivity contribution in [1.82, 2.24) is 0 Å².